The lowest BCUT2D eigenvalue weighted by Crippen LogP contribution is -2.15. The van der Waals surface area contributed by atoms with E-state index in [1.807, 2.05) is 19.9 Å². The van der Waals surface area contributed by atoms with Crippen LogP contribution in [0.15, 0.2) is 6.07 Å². The smallest absolute Gasteiger partial charge is 0.0646 e. The molecular formula is C11H16ClN. The maximum atomic E-state index is 6.12. The Morgan fingerprint density at radius 3 is 2.23 bits per heavy atom. The summed E-state index contributed by atoms with van der Waals surface area (Å²) in [6.07, 6.45) is 0. The molecule has 1 heterocycles. The van der Waals surface area contributed by atoms with Gasteiger partial charge in [0, 0.05) is 11.1 Å². The molecule has 0 atom stereocenters. The van der Waals surface area contributed by atoms with Crippen LogP contribution < -0.4 is 0 Å². The van der Waals surface area contributed by atoms with Gasteiger partial charge in [0.1, 0.15) is 0 Å². The zero-order valence-electron chi connectivity index (χ0n) is 8.90. The molecule has 2 heteroatoms. The van der Waals surface area contributed by atoms with Gasteiger partial charge in [-0.05, 0) is 25.5 Å². The Morgan fingerprint density at radius 2 is 1.77 bits per heavy atom. The van der Waals surface area contributed by atoms with Crippen LogP contribution in [0.1, 0.15) is 37.7 Å². The van der Waals surface area contributed by atoms with E-state index in [4.69, 9.17) is 11.6 Å². The number of aromatic nitrogens is 1. The highest BCUT2D eigenvalue weighted by atomic mass is 35.5. The van der Waals surface area contributed by atoms with E-state index in [0.717, 1.165) is 22.0 Å². The van der Waals surface area contributed by atoms with E-state index >= 15 is 0 Å². The Kier molecular flexibility index (Phi) is 2.67. The van der Waals surface area contributed by atoms with E-state index in [-0.39, 0.29) is 5.41 Å². The van der Waals surface area contributed by atoms with Crippen LogP contribution in [-0.4, -0.2) is 4.98 Å². The van der Waals surface area contributed by atoms with Gasteiger partial charge in [-0.1, -0.05) is 32.4 Å². The fourth-order valence-electron chi connectivity index (χ4n) is 1.20. The number of hydrogen-bond donors (Lipinski definition) is 0. The SMILES string of the molecule is Cc1cc(Cl)c(C(C)(C)C)nc1C. The molecule has 0 radical (unpaired) electrons. The number of pyridine rings is 1. The lowest BCUT2D eigenvalue weighted by molar-refractivity contribution is 0.567. The molecule has 0 aliphatic heterocycles. The van der Waals surface area contributed by atoms with E-state index in [0.29, 0.717) is 0 Å². The van der Waals surface area contributed by atoms with E-state index in [1.165, 1.54) is 0 Å². The van der Waals surface area contributed by atoms with Gasteiger partial charge in [0.15, 0.2) is 0 Å². The molecule has 1 nitrogen and oxygen atoms in total. The van der Waals surface area contributed by atoms with Crippen LogP contribution in [0.2, 0.25) is 5.02 Å². The van der Waals surface area contributed by atoms with Crippen molar-refractivity contribution in [3.05, 3.63) is 28.0 Å². The highest BCUT2D eigenvalue weighted by molar-refractivity contribution is 6.31. The van der Waals surface area contributed by atoms with Gasteiger partial charge in [0.2, 0.25) is 0 Å². The topological polar surface area (TPSA) is 12.9 Å². The molecule has 0 saturated carbocycles. The van der Waals surface area contributed by atoms with Crippen LogP contribution in [0.5, 0.6) is 0 Å². The molecule has 0 aliphatic carbocycles. The summed E-state index contributed by atoms with van der Waals surface area (Å²) in [5, 5.41) is 0.774. The maximum absolute atomic E-state index is 6.12. The second-order valence-corrected chi connectivity index (χ2v) is 4.88. The fourth-order valence-corrected chi connectivity index (χ4v) is 1.69. The molecule has 0 aromatic carbocycles. The van der Waals surface area contributed by atoms with Gasteiger partial charge < -0.3 is 0 Å². The van der Waals surface area contributed by atoms with Gasteiger partial charge in [0.25, 0.3) is 0 Å². The van der Waals surface area contributed by atoms with Crippen molar-refractivity contribution in [2.45, 2.75) is 40.0 Å². The monoisotopic (exact) mass is 197 g/mol. The summed E-state index contributed by atoms with van der Waals surface area (Å²) in [6, 6.07) is 1.99. The summed E-state index contributed by atoms with van der Waals surface area (Å²) < 4.78 is 0. The molecule has 1 aromatic heterocycles. The lowest BCUT2D eigenvalue weighted by Gasteiger charge is -2.20. The Morgan fingerprint density at radius 1 is 1.23 bits per heavy atom. The Balaban J connectivity index is 3.32. The maximum Gasteiger partial charge on any atom is 0.0646 e. The Hall–Kier alpha value is -0.560. The summed E-state index contributed by atoms with van der Waals surface area (Å²) >= 11 is 6.12. The number of halogens is 1. The van der Waals surface area contributed by atoms with Crippen LogP contribution in [0.3, 0.4) is 0 Å². The van der Waals surface area contributed by atoms with Crippen molar-refractivity contribution in [1.29, 1.82) is 0 Å². The van der Waals surface area contributed by atoms with Gasteiger partial charge in [-0.2, -0.15) is 0 Å². The zero-order chi connectivity index (χ0) is 10.2. The molecular weight excluding hydrogens is 182 g/mol. The van der Waals surface area contributed by atoms with Crippen molar-refractivity contribution in [3.63, 3.8) is 0 Å². The van der Waals surface area contributed by atoms with Crippen LogP contribution in [0, 0.1) is 13.8 Å². The molecule has 0 N–H and O–H groups in total. The molecule has 1 rings (SSSR count). The summed E-state index contributed by atoms with van der Waals surface area (Å²) in [6.45, 7) is 10.4. The third-order valence-electron chi connectivity index (χ3n) is 2.13. The van der Waals surface area contributed by atoms with Gasteiger partial charge in [-0.15, -0.1) is 0 Å². The van der Waals surface area contributed by atoms with Crippen molar-refractivity contribution >= 4 is 11.6 Å². The van der Waals surface area contributed by atoms with Gasteiger partial charge in [-0.25, -0.2) is 0 Å². The molecule has 13 heavy (non-hydrogen) atoms. The first-order chi connectivity index (χ1) is 5.82. The average Bonchev–Trinajstić information content (AvgIpc) is 1.94. The minimum absolute atomic E-state index is 0.0234. The highest BCUT2D eigenvalue weighted by Crippen LogP contribution is 2.28. The third kappa shape index (κ3) is 2.22. The predicted molar refractivity (Wildman–Crippen MR) is 57.4 cm³/mol. The van der Waals surface area contributed by atoms with Crippen molar-refractivity contribution < 1.29 is 0 Å². The molecule has 0 bridgehead atoms. The third-order valence-corrected chi connectivity index (χ3v) is 2.42. The van der Waals surface area contributed by atoms with Crippen LogP contribution in [0.4, 0.5) is 0 Å². The minimum atomic E-state index is 0.0234. The summed E-state index contributed by atoms with van der Waals surface area (Å²) in [5.41, 5.74) is 3.22. The first-order valence-electron chi connectivity index (χ1n) is 4.46. The quantitative estimate of drug-likeness (QED) is 0.619. The Bertz CT molecular complexity index is 324. The van der Waals surface area contributed by atoms with Crippen molar-refractivity contribution in [2.75, 3.05) is 0 Å². The second-order valence-electron chi connectivity index (χ2n) is 4.47. The first kappa shape index (κ1) is 10.5. The molecule has 0 fully saturated rings. The largest absolute Gasteiger partial charge is 0.256 e. The van der Waals surface area contributed by atoms with Gasteiger partial charge in [-0.3, -0.25) is 4.98 Å². The first-order valence-corrected chi connectivity index (χ1v) is 4.84. The highest BCUT2D eigenvalue weighted by Gasteiger charge is 2.19. The molecule has 0 spiro atoms. The summed E-state index contributed by atoms with van der Waals surface area (Å²) in [4.78, 5) is 4.51. The van der Waals surface area contributed by atoms with Crippen molar-refractivity contribution in [3.8, 4) is 0 Å². The zero-order valence-corrected chi connectivity index (χ0v) is 9.66. The summed E-state index contributed by atoms with van der Waals surface area (Å²) in [7, 11) is 0. The summed E-state index contributed by atoms with van der Waals surface area (Å²) in [5.74, 6) is 0. The normalized spacial score (nSPS) is 11.8. The number of rotatable bonds is 0. The molecule has 1 aromatic rings. The number of nitrogens with zero attached hydrogens (tertiary/aromatic N) is 1. The fraction of sp³-hybridized carbons (Fsp3) is 0.545. The van der Waals surface area contributed by atoms with E-state index in [1.54, 1.807) is 0 Å². The second kappa shape index (κ2) is 3.30. The molecule has 0 saturated heterocycles. The minimum Gasteiger partial charge on any atom is -0.256 e. The van der Waals surface area contributed by atoms with Crippen LogP contribution in [-0.2, 0) is 5.41 Å². The van der Waals surface area contributed by atoms with Gasteiger partial charge in [0.05, 0.1) is 10.7 Å². The van der Waals surface area contributed by atoms with Crippen LogP contribution in [0.25, 0.3) is 0 Å². The average molecular weight is 198 g/mol. The van der Waals surface area contributed by atoms with E-state index in [9.17, 15) is 0 Å². The van der Waals surface area contributed by atoms with Gasteiger partial charge >= 0.3 is 0 Å². The van der Waals surface area contributed by atoms with E-state index in [2.05, 4.69) is 25.8 Å². The Labute approximate surface area is 85.1 Å². The van der Waals surface area contributed by atoms with Crippen LogP contribution >= 0.6 is 11.6 Å². The van der Waals surface area contributed by atoms with E-state index < -0.39 is 0 Å². The number of hydrogen-bond acceptors (Lipinski definition) is 1. The molecule has 0 unspecified atom stereocenters. The molecule has 0 aliphatic rings. The van der Waals surface area contributed by atoms with Crippen molar-refractivity contribution in [2.24, 2.45) is 0 Å². The lowest BCUT2D eigenvalue weighted by atomic mass is 9.91. The van der Waals surface area contributed by atoms with Crippen molar-refractivity contribution in [1.82, 2.24) is 4.98 Å². The number of aryl methyl sites for hydroxylation is 2. The molecule has 0 amide bonds. The standard InChI is InChI=1S/C11H16ClN/c1-7-6-9(12)10(11(3,4)5)13-8(7)2/h6H,1-5H3. The molecule has 72 valence electrons. The predicted octanol–water partition coefficient (Wildman–Crippen LogP) is 3.65.